The van der Waals surface area contributed by atoms with Crippen LogP contribution in [0.15, 0.2) is 24.3 Å². The fourth-order valence-corrected chi connectivity index (χ4v) is 3.31. The molecule has 0 bridgehead atoms. The minimum absolute atomic E-state index is 0.0427. The predicted molar refractivity (Wildman–Crippen MR) is 81.8 cm³/mol. The molecule has 1 saturated carbocycles. The summed E-state index contributed by atoms with van der Waals surface area (Å²) in [5, 5.41) is 9.53. The average molecular weight is 271 g/mol. The molecule has 0 aliphatic heterocycles. The van der Waals surface area contributed by atoms with Crippen LogP contribution in [0.1, 0.15) is 63.4 Å². The lowest BCUT2D eigenvalue weighted by atomic mass is 9.67. The van der Waals surface area contributed by atoms with Gasteiger partial charge in [0.1, 0.15) is 5.75 Å². The van der Waals surface area contributed by atoms with E-state index in [9.17, 15) is 5.26 Å². The fraction of sp³-hybridized carbons (Fsp3) is 0.611. The van der Waals surface area contributed by atoms with Gasteiger partial charge in [0.2, 0.25) is 0 Å². The van der Waals surface area contributed by atoms with E-state index in [0.717, 1.165) is 37.9 Å². The Kier molecular flexibility index (Phi) is 5.06. The van der Waals surface area contributed by atoms with Crippen molar-refractivity contribution in [1.82, 2.24) is 0 Å². The third-order valence-electron chi connectivity index (χ3n) is 4.78. The van der Waals surface area contributed by atoms with Crippen molar-refractivity contribution < 1.29 is 4.74 Å². The van der Waals surface area contributed by atoms with Gasteiger partial charge in [-0.3, -0.25) is 0 Å². The molecular formula is C18H25NO. The largest absolute Gasteiger partial charge is 0.497 e. The highest BCUT2D eigenvalue weighted by Crippen LogP contribution is 2.45. The monoisotopic (exact) mass is 271 g/mol. The highest BCUT2D eigenvalue weighted by Gasteiger charge is 2.35. The summed E-state index contributed by atoms with van der Waals surface area (Å²) in [7, 11) is 1.70. The van der Waals surface area contributed by atoms with Crippen LogP contribution in [0.2, 0.25) is 0 Å². The summed E-state index contributed by atoms with van der Waals surface area (Å²) in [6, 6.07) is 11.1. The summed E-state index contributed by atoms with van der Waals surface area (Å²) in [6.07, 6.45) is 7.84. The zero-order chi connectivity index (χ0) is 14.4. The van der Waals surface area contributed by atoms with Gasteiger partial charge in [-0.05, 0) is 55.7 Å². The SMILES string of the molecule is CCCCC1(C#N)CCC(c2ccc(OC)cc2)CC1. The maximum absolute atomic E-state index is 9.53. The molecule has 0 atom stereocenters. The number of nitriles is 1. The van der Waals surface area contributed by atoms with Gasteiger partial charge in [0.25, 0.3) is 0 Å². The lowest BCUT2D eigenvalue weighted by molar-refractivity contribution is 0.224. The number of nitrogens with zero attached hydrogens (tertiary/aromatic N) is 1. The predicted octanol–water partition coefficient (Wildman–Crippen LogP) is 5.05. The van der Waals surface area contributed by atoms with E-state index in [1.54, 1.807) is 7.11 Å². The molecule has 1 aromatic carbocycles. The normalized spacial score (nSPS) is 25.9. The summed E-state index contributed by atoms with van der Waals surface area (Å²) in [4.78, 5) is 0. The number of hydrogen-bond acceptors (Lipinski definition) is 2. The third kappa shape index (κ3) is 3.33. The molecule has 20 heavy (non-hydrogen) atoms. The zero-order valence-electron chi connectivity index (χ0n) is 12.7. The number of rotatable bonds is 5. The van der Waals surface area contributed by atoms with Crippen molar-refractivity contribution in [3.8, 4) is 11.8 Å². The first-order valence-electron chi connectivity index (χ1n) is 7.78. The van der Waals surface area contributed by atoms with E-state index in [1.807, 2.05) is 12.1 Å². The van der Waals surface area contributed by atoms with Crippen LogP contribution in [-0.4, -0.2) is 7.11 Å². The average Bonchev–Trinajstić information content (AvgIpc) is 2.53. The smallest absolute Gasteiger partial charge is 0.118 e. The highest BCUT2D eigenvalue weighted by molar-refractivity contribution is 5.30. The van der Waals surface area contributed by atoms with E-state index in [-0.39, 0.29) is 5.41 Å². The number of methoxy groups -OCH3 is 1. The Hall–Kier alpha value is -1.49. The van der Waals surface area contributed by atoms with Crippen molar-refractivity contribution in [3.63, 3.8) is 0 Å². The van der Waals surface area contributed by atoms with Gasteiger partial charge in [-0.1, -0.05) is 31.9 Å². The molecule has 0 amide bonds. The van der Waals surface area contributed by atoms with Crippen LogP contribution in [0, 0.1) is 16.7 Å². The van der Waals surface area contributed by atoms with Crippen LogP contribution in [-0.2, 0) is 0 Å². The Balaban J connectivity index is 1.97. The molecule has 0 heterocycles. The first-order valence-corrected chi connectivity index (χ1v) is 7.78. The van der Waals surface area contributed by atoms with Crippen LogP contribution in [0.5, 0.6) is 5.75 Å². The second-order valence-electron chi connectivity index (χ2n) is 6.04. The molecule has 0 radical (unpaired) electrons. The van der Waals surface area contributed by atoms with E-state index < -0.39 is 0 Å². The van der Waals surface area contributed by atoms with E-state index in [1.165, 1.54) is 18.4 Å². The van der Waals surface area contributed by atoms with Crippen LogP contribution >= 0.6 is 0 Å². The molecule has 2 rings (SSSR count). The Morgan fingerprint density at radius 3 is 2.40 bits per heavy atom. The molecule has 0 aromatic heterocycles. The molecule has 1 fully saturated rings. The zero-order valence-corrected chi connectivity index (χ0v) is 12.7. The van der Waals surface area contributed by atoms with Gasteiger partial charge in [-0.15, -0.1) is 0 Å². The van der Waals surface area contributed by atoms with Gasteiger partial charge >= 0.3 is 0 Å². The molecule has 1 aliphatic carbocycles. The summed E-state index contributed by atoms with van der Waals surface area (Å²) >= 11 is 0. The number of hydrogen-bond donors (Lipinski definition) is 0. The van der Waals surface area contributed by atoms with E-state index >= 15 is 0 Å². The molecule has 1 aliphatic rings. The first kappa shape index (κ1) is 14.9. The second-order valence-corrected chi connectivity index (χ2v) is 6.04. The quantitative estimate of drug-likeness (QED) is 0.750. The van der Waals surface area contributed by atoms with Crippen molar-refractivity contribution in [3.05, 3.63) is 29.8 Å². The van der Waals surface area contributed by atoms with E-state index in [0.29, 0.717) is 5.92 Å². The molecule has 2 heteroatoms. The fourth-order valence-electron chi connectivity index (χ4n) is 3.31. The topological polar surface area (TPSA) is 33.0 Å². The molecule has 0 N–H and O–H groups in total. The molecule has 0 spiro atoms. The second kappa shape index (κ2) is 6.79. The highest BCUT2D eigenvalue weighted by atomic mass is 16.5. The molecule has 0 unspecified atom stereocenters. The summed E-state index contributed by atoms with van der Waals surface area (Å²) in [6.45, 7) is 2.20. The van der Waals surface area contributed by atoms with Crippen molar-refractivity contribution in [2.24, 2.45) is 5.41 Å². The Morgan fingerprint density at radius 1 is 1.25 bits per heavy atom. The van der Waals surface area contributed by atoms with Gasteiger partial charge in [0.15, 0.2) is 0 Å². The van der Waals surface area contributed by atoms with E-state index in [4.69, 9.17) is 4.74 Å². The minimum Gasteiger partial charge on any atom is -0.497 e. The van der Waals surface area contributed by atoms with Gasteiger partial charge < -0.3 is 4.74 Å². The maximum Gasteiger partial charge on any atom is 0.118 e. The summed E-state index contributed by atoms with van der Waals surface area (Å²) < 4.78 is 5.21. The van der Waals surface area contributed by atoms with Crippen molar-refractivity contribution in [1.29, 1.82) is 5.26 Å². The first-order chi connectivity index (χ1) is 9.73. The van der Waals surface area contributed by atoms with Crippen molar-refractivity contribution in [2.75, 3.05) is 7.11 Å². The number of benzene rings is 1. The third-order valence-corrected chi connectivity index (χ3v) is 4.78. The van der Waals surface area contributed by atoms with Crippen LogP contribution in [0.3, 0.4) is 0 Å². The number of ether oxygens (including phenoxy) is 1. The minimum atomic E-state index is -0.0427. The van der Waals surface area contributed by atoms with Crippen molar-refractivity contribution in [2.45, 2.75) is 57.8 Å². The lowest BCUT2D eigenvalue weighted by Crippen LogP contribution is -2.25. The Bertz CT molecular complexity index is 449. The van der Waals surface area contributed by atoms with Gasteiger partial charge in [-0.2, -0.15) is 5.26 Å². The molecule has 1 aromatic rings. The number of unbranched alkanes of at least 4 members (excludes halogenated alkanes) is 1. The molecular weight excluding hydrogens is 246 g/mol. The summed E-state index contributed by atoms with van der Waals surface area (Å²) in [5.41, 5.74) is 1.35. The molecule has 2 nitrogen and oxygen atoms in total. The molecule has 0 saturated heterocycles. The van der Waals surface area contributed by atoms with Crippen LogP contribution in [0.25, 0.3) is 0 Å². The standard InChI is InChI=1S/C18H25NO/c1-3-4-11-18(14-19)12-9-16(10-13-18)15-5-7-17(20-2)8-6-15/h5-8,16H,3-4,9-13H2,1-2H3. The Labute approximate surface area is 122 Å². The van der Waals surface area contributed by atoms with Crippen molar-refractivity contribution >= 4 is 0 Å². The lowest BCUT2D eigenvalue weighted by Gasteiger charge is -2.35. The summed E-state index contributed by atoms with van der Waals surface area (Å²) in [5.74, 6) is 1.53. The van der Waals surface area contributed by atoms with Crippen LogP contribution in [0.4, 0.5) is 0 Å². The Morgan fingerprint density at radius 2 is 1.90 bits per heavy atom. The molecule has 108 valence electrons. The van der Waals surface area contributed by atoms with Gasteiger partial charge in [-0.25, -0.2) is 0 Å². The van der Waals surface area contributed by atoms with Gasteiger partial charge in [0.05, 0.1) is 18.6 Å². The van der Waals surface area contributed by atoms with Gasteiger partial charge in [0, 0.05) is 0 Å². The maximum atomic E-state index is 9.53. The van der Waals surface area contributed by atoms with Crippen LogP contribution < -0.4 is 4.74 Å². The van der Waals surface area contributed by atoms with E-state index in [2.05, 4.69) is 25.1 Å².